The van der Waals surface area contributed by atoms with Crippen molar-refractivity contribution in [1.29, 1.82) is 0 Å². The minimum Gasteiger partial charge on any atom is -0.487 e. The van der Waals surface area contributed by atoms with Gasteiger partial charge in [0.05, 0.1) is 11.1 Å². The van der Waals surface area contributed by atoms with Crippen LogP contribution < -0.4 is 9.47 Å². The molecule has 3 aromatic carbocycles. The van der Waals surface area contributed by atoms with Crippen LogP contribution in [0.15, 0.2) is 79.5 Å². The molecule has 1 N–H and O–H groups in total. The number of ether oxygens (including phenoxy) is 2. The third kappa shape index (κ3) is 8.23. The molecule has 288 valence electrons. The Morgan fingerprint density at radius 2 is 1.77 bits per heavy atom. The van der Waals surface area contributed by atoms with Crippen LogP contribution in [0.2, 0.25) is 5.02 Å². The number of nitrogens with zero attached hydrogens (tertiary/aromatic N) is 7. The second-order valence-corrected chi connectivity index (χ2v) is 15.7. The number of carboxylic acids is 1. The molecular formula is C42H41ClFN7O4S. The Labute approximate surface area is 333 Å². The second-order valence-electron chi connectivity index (χ2n) is 14.3. The summed E-state index contributed by atoms with van der Waals surface area (Å²) in [6.45, 7) is 9.14. The van der Waals surface area contributed by atoms with Gasteiger partial charge in [-0.3, -0.25) is 9.80 Å². The predicted molar refractivity (Wildman–Crippen MR) is 215 cm³/mol. The molecule has 9 rings (SSSR count). The lowest BCUT2D eigenvalue weighted by Crippen LogP contribution is -2.46. The number of thiophene rings is 1. The Morgan fingerprint density at radius 1 is 0.964 bits per heavy atom. The van der Waals surface area contributed by atoms with E-state index in [1.54, 1.807) is 24.4 Å². The zero-order valence-corrected chi connectivity index (χ0v) is 32.7. The summed E-state index contributed by atoms with van der Waals surface area (Å²) in [5.41, 5.74) is 6.57. The zero-order valence-electron chi connectivity index (χ0n) is 31.1. The predicted octanol–water partition coefficient (Wildman–Crippen LogP) is 7.13. The Balaban J connectivity index is 1.26. The summed E-state index contributed by atoms with van der Waals surface area (Å²) in [4.78, 5) is 39.2. The molecule has 3 aliphatic heterocycles. The van der Waals surface area contributed by atoms with Crippen LogP contribution in [0.5, 0.6) is 11.6 Å². The van der Waals surface area contributed by atoms with Gasteiger partial charge in [-0.1, -0.05) is 48.0 Å². The van der Waals surface area contributed by atoms with E-state index < -0.39 is 12.1 Å². The first-order valence-electron chi connectivity index (χ1n) is 18.5. The third-order valence-electron chi connectivity index (χ3n) is 10.5. The van der Waals surface area contributed by atoms with E-state index in [1.165, 1.54) is 36.1 Å². The number of piperazine rings is 1. The average molecular weight is 794 g/mol. The van der Waals surface area contributed by atoms with E-state index in [2.05, 4.69) is 53.8 Å². The van der Waals surface area contributed by atoms with Gasteiger partial charge in [-0.2, -0.15) is 0 Å². The van der Waals surface area contributed by atoms with Gasteiger partial charge < -0.3 is 19.5 Å². The maximum absolute atomic E-state index is 14.2. The fraction of sp³-hybridized carbons (Fsp3) is 0.310. The number of aliphatic carboxylic acids is 1. The summed E-state index contributed by atoms with van der Waals surface area (Å²) in [5, 5.41) is 11.9. The lowest BCUT2D eigenvalue weighted by Gasteiger charge is -2.34. The molecule has 1 atom stereocenters. The minimum absolute atomic E-state index is 0.00201. The van der Waals surface area contributed by atoms with Crippen molar-refractivity contribution < 1.29 is 23.8 Å². The van der Waals surface area contributed by atoms with E-state index in [9.17, 15) is 14.3 Å². The molecule has 0 saturated carbocycles. The van der Waals surface area contributed by atoms with E-state index in [1.807, 2.05) is 25.1 Å². The van der Waals surface area contributed by atoms with Gasteiger partial charge >= 0.3 is 5.97 Å². The number of aromatic nitrogens is 4. The minimum atomic E-state index is -1.33. The number of halogens is 2. The van der Waals surface area contributed by atoms with Crippen LogP contribution in [0.1, 0.15) is 27.9 Å². The normalized spacial score (nSPS) is 16.9. The summed E-state index contributed by atoms with van der Waals surface area (Å²) in [7, 11) is 2.16. The van der Waals surface area contributed by atoms with Crippen molar-refractivity contribution in [2.45, 2.75) is 39.1 Å². The SMILES string of the molecule is Cc1c2ccc(c1Cl)CN(CCN1CCN(C)CC1)Cc1ccc(OCc3ccncn3)c(c1)C[C@H](C(=O)O)Oc1ncnc3sc(-c4ccc(F)cc4)c-2c13. The van der Waals surface area contributed by atoms with Gasteiger partial charge in [0, 0.05) is 80.4 Å². The van der Waals surface area contributed by atoms with E-state index in [0.717, 1.165) is 77.5 Å². The van der Waals surface area contributed by atoms with Crippen LogP contribution in [0.25, 0.3) is 31.8 Å². The molecule has 6 aromatic rings. The van der Waals surface area contributed by atoms with Crippen LogP contribution in [0, 0.1) is 12.7 Å². The second kappa shape index (κ2) is 16.6. The van der Waals surface area contributed by atoms with Crippen LogP contribution in [-0.4, -0.2) is 98.1 Å². The summed E-state index contributed by atoms with van der Waals surface area (Å²) in [6.07, 6.45) is 3.16. The molecule has 3 aliphatic rings. The van der Waals surface area contributed by atoms with Gasteiger partial charge in [0.15, 0.2) is 0 Å². The molecule has 1 fully saturated rings. The van der Waals surface area contributed by atoms with Gasteiger partial charge in [-0.25, -0.2) is 29.1 Å². The number of hydrogen-bond acceptors (Lipinski definition) is 11. The van der Waals surface area contributed by atoms with Crippen molar-refractivity contribution >= 4 is 39.1 Å². The lowest BCUT2D eigenvalue weighted by molar-refractivity contribution is -0.145. The molecule has 14 heteroatoms. The van der Waals surface area contributed by atoms with Crippen LogP contribution in [-0.2, 0) is 30.9 Å². The molecule has 1 saturated heterocycles. The summed E-state index contributed by atoms with van der Waals surface area (Å²) in [5.74, 6) is -0.846. The lowest BCUT2D eigenvalue weighted by atomic mass is 9.94. The highest BCUT2D eigenvalue weighted by Crippen LogP contribution is 2.49. The smallest absolute Gasteiger partial charge is 0.345 e. The van der Waals surface area contributed by atoms with E-state index in [-0.39, 0.29) is 24.7 Å². The maximum atomic E-state index is 14.2. The number of hydrogen-bond donors (Lipinski definition) is 1. The Kier molecular flexibility index (Phi) is 11.2. The zero-order chi connectivity index (χ0) is 38.8. The highest BCUT2D eigenvalue weighted by atomic mass is 35.5. The molecule has 3 aromatic heterocycles. The van der Waals surface area contributed by atoms with Crippen molar-refractivity contribution in [2.24, 2.45) is 0 Å². The van der Waals surface area contributed by atoms with Gasteiger partial charge in [0.1, 0.15) is 35.7 Å². The number of carboxylic acid groups (broad SMARTS) is 1. The van der Waals surface area contributed by atoms with Gasteiger partial charge in [-0.15, -0.1) is 11.3 Å². The number of carbonyl (C=O) groups is 1. The van der Waals surface area contributed by atoms with Crippen LogP contribution in [0.4, 0.5) is 4.39 Å². The molecule has 0 aliphatic carbocycles. The van der Waals surface area contributed by atoms with E-state index >= 15 is 0 Å². The van der Waals surface area contributed by atoms with Crippen molar-refractivity contribution in [3.63, 3.8) is 0 Å². The number of likely N-dealkylation sites (N-methyl/N-ethyl adjacent to an activating group) is 1. The average Bonchev–Trinajstić information content (AvgIpc) is 3.59. The van der Waals surface area contributed by atoms with Crippen molar-refractivity contribution in [3.05, 3.63) is 118 Å². The fourth-order valence-corrected chi connectivity index (χ4v) is 8.74. The van der Waals surface area contributed by atoms with Crippen molar-refractivity contribution in [2.75, 3.05) is 46.3 Å². The Morgan fingerprint density at radius 3 is 2.54 bits per heavy atom. The molecule has 11 nitrogen and oxygen atoms in total. The summed E-state index contributed by atoms with van der Waals surface area (Å²) in [6, 6.07) is 18.1. The molecule has 4 bridgehead atoms. The topological polar surface area (TPSA) is 117 Å². The maximum Gasteiger partial charge on any atom is 0.345 e. The van der Waals surface area contributed by atoms with Crippen LogP contribution >= 0.6 is 22.9 Å². The largest absolute Gasteiger partial charge is 0.487 e. The molecule has 6 heterocycles. The molecule has 0 radical (unpaired) electrons. The molecule has 0 spiro atoms. The highest BCUT2D eigenvalue weighted by Gasteiger charge is 2.29. The summed E-state index contributed by atoms with van der Waals surface area (Å²) >= 11 is 8.73. The van der Waals surface area contributed by atoms with Crippen molar-refractivity contribution in [1.82, 2.24) is 34.6 Å². The molecule has 56 heavy (non-hydrogen) atoms. The number of benzene rings is 3. The Hall–Kier alpha value is -5.05. The van der Waals surface area contributed by atoms with Gasteiger partial charge in [0.25, 0.3) is 0 Å². The first kappa shape index (κ1) is 37.9. The standard InChI is InChI=1S/C42H41ClFN7O4S/c1-26-33-9-6-29(38(26)43)22-51(18-17-50-15-13-49(2)14-16-50)21-27-3-10-34(54-23-32-11-12-45-24-46-32)30(19-27)20-35(42(52)53)55-40-37-36(33)39(56-41(37)48-25-47-40)28-4-7-31(44)8-5-28/h3-12,19,24-25,35H,13-18,20-23H2,1-2H3,(H,52,53)/t35-/m1/s1. The van der Waals surface area contributed by atoms with Gasteiger partial charge in [0.2, 0.25) is 12.0 Å². The van der Waals surface area contributed by atoms with Crippen LogP contribution in [0.3, 0.4) is 0 Å². The molecule has 0 unspecified atom stereocenters. The molecule has 0 amide bonds. The first-order valence-corrected chi connectivity index (χ1v) is 19.7. The third-order valence-corrected chi connectivity index (χ3v) is 12.2. The van der Waals surface area contributed by atoms with Gasteiger partial charge in [-0.05, 0) is 71.6 Å². The fourth-order valence-electron chi connectivity index (χ4n) is 7.36. The highest BCUT2D eigenvalue weighted by molar-refractivity contribution is 7.22. The van der Waals surface area contributed by atoms with Crippen molar-refractivity contribution in [3.8, 4) is 33.2 Å². The molecular weight excluding hydrogens is 753 g/mol. The first-order chi connectivity index (χ1) is 27.2. The monoisotopic (exact) mass is 793 g/mol. The summed E-state index contributed by atoms with van der Waals surface area (Å²) < 4.78 is 26.9. The quantitative estimate of drug-likeness (QED) is 0.170. The number of rotatable bonds is 8. The Bertz CT molecular complexity index is 2360. The van der Waals surface area contributed by atoms with E-state index in [4.69, 9.17) is 21.1 Å². The van der Waals surface area contributed by atoms with E-state index in [0.29, 0.717) is 45.3 Å². The number of fused-ring (bicyclic) bond motifs is 6.